The van der Waals surface area contributed by atoms with Crippen LogP contribution in [0, 0.1) is 0 Å². The van der Waals surface area contributed by atoms with Crippen LogP contribution in [0.2, 0.25) is 6.32 Å². The third-order valence-corrected chi connectivity index (χ3v) is 5.22. The minimum Gasteiger partial charge on any atom is -0.535 e. The number of rotatable bonds is 8. The Kier molecular flexibility index (Phi) is 6.43. The van der Waals surface area contributed by atoms with E-state index < -0.39 is 13.1 Å². The number of carbonyl (C=O) groups excluding carboxylic acids is 1. The summed E-state index contributed by atoms with van der Waals surface area (Å²) >= 11 is 0. The molecule has 0 aromatic heterocycles. The number of likely N-dealkylation sites (tertiary alicyclic amines) is 1. The van der Waals surface area contributed by atoms with Gasteiger partial charge in [-0.05, 0) is 37.8 Å². The Morgan fingerprint density at radius 2 is 2.21 bits per heavy atom. The first-order valence-electron chi connectivity index (χ1n) is 9.48. The van der Waals surface area contributed by atoms with Crippen molar-refractivity contribution in [2.24, 2.45) is 5.73 Å². The highest BCUT2D eigenvalue weighted by atomic mass is 16.5. The molecule has 28 heavy (non-hydrogen) atoms. The molecule has 152 valence electrons. The zero-order valence-corrected chi connectivity index (χ0v) is 15.9. The van der Waals surface area contributed by atoms with E-state index in [2.05, 4.69) is 5.32 Å². The molecule has 2 aliphatic heterocycles. The summed E-state index contributed by atoms with van der Waals surface area (Å²) in [6, 6.07) is 3.49. The topological polar surface area (TPSA) is 134 Å². The van der Waals surface area contributed by atoms with Crippen LogP contribution in [0.4, 0.5) is 0 Å². The first kappa shape index (κ1) is 20.4. The maximum Gasteiger partial charge on any atom is 0.522 e. The number of ether oxygens (including phenoxy) is 1. The van der Waals surface area contributed by atoms with E-state index in [0.29, 0.717) is 45.2 Å². The van der Waals surface area contributed by atoms with E-state index in [4.69, 9.17) is 15.1 Å². The van der Waals surface area contributed by atoms with Crippen LogP contribution in [0.3, 0.4) is 0 Å². The quantitative estimate of drug-likeness (QED) is 0.445. The largest absolute Gasteiger partial charge is 0.535 e. The minimum absolute atomic E-state index is 0.0314. The van der Waals surface area contributed by atoms with Gasteiger partial charge in [-0.25, -0.2) is 4.79 Å². The van der Waals surface area contributed by atoms with Crippen LogP contribution in [0.15, 0.2) is 12.1 Å². The fraction of sp³-hybridized carbons (Fsp3) is 0.556. The molecule has 1 aromatic carbocycles. The van der Waals surface area contributed by atoms with Gasteiger partial charge in [0.1, 0.15) is 23.2 Å². The molecular weight excluding hydrogens is 365 g/mol. The Bertz CT molecular complexity index is 736. The molecule has 0 radical (unpaired) electrons. The number of hydrogen-bond donors (Lipinski definition) is 4. The number of carboxylic acid groups (broad SMARTS) is 1. The Morgan fingerprint density at radius 1 is 1.46 bits per heavy atom. The number of benzene rings is 1. The summed E-state index contributed by atoms with van der Waals surface area (Å²) < 4.78 is 11.2. The summed E-state index contributed by atoms with van der Waals surface area (Å²) in [6.45, 7) is 1.29. The molecule has 3 rings (SSSR count). The van der Waals surface area contributed by atoms with E-state index in [1.807, 2.05) is 7.05 Å². The molecule has 0 aliphatic carbocycles. The molecule has 0 spiro atoms. The van der Waals surface area contributed by atoms with Crippen molar-refractivity contribution in [3.05, 3.63) is 23.3 Å². The third kappa shape index (κ3) is 4.40. The molecule has 1 aromatic rings. The van der Waals surface area contributed by atoms with Crippen molar-refractivity contribution in [2.75, 3.05) is 26.7 Å². The molecule has 0 bridgehead atoms. The summed E-state index contributed by atoms with van der Waals surface area (Å²) in [4.78, 5) is 25.7. The number of carbonyl (C=O) groups is 2. The Morgan fingerprint density at radius 3 is 2.86 bits per heavy atom. The van der Waals surface area contributed by atoms with Gasteiger partial charge < -0.3 is 35.5 Å². The van der Waals surface area contributed by atoms with Crippen LogP contribution >= 0.6 is 0 Å². The Labute approximate surface area is 163 Å². The molecule has 1 fully saturated rings. The van der Waals surface area contributed by atoms with E-state index in [-0.39, 0.29) is 35.1 Å². The van der Waals surface area contributed by atoms with E-state index in [1.165, 1.54) is 0 Å². The molecule has 0 saturated carbocycles. The first-order chi connectivity index (χ1) is 13.4. The second kappa shape index (κ2) is 8.81. The molecule has 5 N–H and O–H groups in total. The van der Waals surface area contributed by atoms with Crippen LogP contribution in [0.25, 0.3) is 0 Å². The monoisotopic (exact) mass is 391 g/mol. The number of fused-ring (bicyclic) bond motifs is 1. The van der Waals surface area contributed by atoms with Crippen molar-refractivity contribution in [1.29, 1.82) is 0 Å². The molecule has 1 unspecified atom stereocenters. The lowest BCUT2D eigenvalue weighted by Crippen LogP contribution is -2.56. The number of amides is 1. The normalized spacial score (nSPS) is 17.4. The number of nitrogens with two attached hydrogens (primary N) is 1. The standard InChI is InChI=1S/C18H26BN3O6/c1-21-12(8-20)3-5-15(23)22-9-13(10-22)27-14-4-2-11-6-7-19(26)28-17(11)16(14)18(24)25/h2,4,12-13,21,26H,3,5-10,20H2,1H3,(H,24,25). The molecule has 2 aliphatic rings. The number of hydrogen-bond acceptors (Lipinski definition) is 7. The van der Waals surface area contributed by atoms with E-state index in [9.17, 15) is 19.7 Å². The van der Waals surface area contributed by atoms with Gasteiger partial charge in [0.05, 0.1) is 13.1 Å². The zero-order valence-electron chi connectivity index (χ0n) is 15.9. The minimum atomic E-state index is -1.17. The van der Waals surface area contributed by atoms with Crippen molar-refractivity contribution in [1.82, 2.24) is 10.2 Å². The predicted molar refractivity (Wildman–Crippen MR) is 103 cm³/mol. The average molecular weight is 391 g/mol. The van der Waals surface area contributed by atoms with Gasteiger partial charge in [0.2, 0.25) is 5.91 Å². The van der Waals surface area contributed by atoms with Crippen LogP contribution < -0.4 is 20.4 Å². The molecule has 2 heterocycles. The number of nitrogens with zero attached hydrogens (tertiary/aromatic N) is 1. The maximum absolute atomic E-state index is 12.2. The van der Waals surface area contributed by atoms with Gasteiger partial charge in [0.15, 0.2) is 0 Å². The zero-order chi connectivity index (χ0) is 20.3. The first-order valence-corrected chi connectivity index (χ1v) is 9.48. The van der Waals surface area contributed by atoms with Gasteiger partial charge in [0.25, 0.3) is 0 Å². The second-order valence-corrected chi connectivity index (χ2v) is 7.14. The summed E-state index contributed by atoms with van der Waals surface area (Å²) in [7, 11) is 0.796. The molecule has 1 atom stereocenters. The highest BCUT2D eigenvalue weighted by Crippen LogP contribution is 2.37. The lowest BCUT2D eigenvalue weighted by molar-refractivity contribution is -0.140. The van der Waals surface area contributed by atoms with Gasteiger partial charge in [-0.3, -0.25) is 4.79 Å². The lowest BCUT2D eigenvalue weighted by atomic mass is 9.78. The molecule has 10 heteroatoms. The number of carboxylic acids is 1. The van der Waals surface area contributed by atoms with Gasteiger partial charge >= 0.3 is 13.1 Å². The summed E-state index contributed by atoms with van der Waals surface area (Å²) in [6.07, 6.45) is 1.76. The SMILES string of the molecule is CNC(CN)CCC(=O)N1CC(Oc2ccc3c(c2C(=O)O)OB(O)CC3)C1. The Hall–Kier alpha value is -2.30. The smallest absolute Gasteiger partial charge is 0.522 e. The van der Waals surface area contributed by atoms with Gasteiger partial charge in [-0.15, -0.1) is 0 Å². The predicted octanol–water partition coefficient (Wildman–Crippen LogP) is -0.283. The summed E-state index contributed by atoms with van der Waals surface area (Å²) in [5, 5.41) is 22.4. The molecule has 1 amide bonds. The number of nitrogens with one attached hydrogen (secondary N) is 1. The highest BCUT2D eigenvalue weighted by molar-refractivity contribution is 6.44. The van der Waals surface area contributed by atoms with E-state index >= 15 is 0 Å². The molecular formula is C18H26BN3O6. The Balaban J connectivity index is 1.59. The lowest BCUT2D eigenvalue weighted by Gasteiger charge is -2.39. The van der Waals surface area contributed by atoms with Crippen molar-refractivity contribution in [3.8, 4) is 11.5 Å². The highest BCUT2D eigenvalue weighted by Gasteiger charge is 2.35. The summed E-state index contributed by atoms with van der Waals surface area (Å²) in [5.41, 5.74) is 6.27. The van der Waals surface area contributed by atoms with Gasteiger partial charge in [0, 0.05) is 19.0 Å². The van der Waals surface area contributed by atoms with Crippen molar-refractivity contribution in [3.63, 3.8) is 0 Å². The van der Waals surface area contributed by atoms with Crippen molar-refractivity contribution >= 4 is 19.0 Å². The van der Waals surface area contributed by atoms with Gasteiger partial charge in [-0.1, -0.05) is 6.07 Å². The molecule has 1 saturated heterocycles. The molecule has 9 nitrogen and oxygen atoms in total. The average Bonchev–Trinajstić information content (AvgIpc) is 2.64. The van der Waals surface area contributed by atoms with E-state index in [1.54, 1.807) is 17.0 Å². The van der Waals surface area contributed by atoms with Gasteiger partial charge in [-0.2, -0.15) is 0 Å². The number of aromatic carboxylic acids is 1. The van der Waals surface area contributed by atoms with Crippen LogP contribution in [-0.4, -0.2) is 72.9 Å². The maximum atomic E-state index is 12.2. The second-order valence-electron chi connectivity index (χ2n) is 7.14. The van der Waals surface area contributed by atoms with Crippen LogP contribution in [-0.2, 0) is 11.2 Å². The van der Waals surface area contributed by atoms with Crippen LogP contribution in [0.5, 0.6) is 11.5 Å². The van der Waals surface area contributed by atoms with Crippen molar-refractivity contribution in [2.45, 2.75) is 37.7 Å². The fourth-order valence-electron chi connectivity index (χ4n) is 3.45. The van der Waals surface area contributed by atoms with Crippen molar-refractivity contribution < 1.29 is 29.1 Å². The van der Waals surface area contributed by atoms with E-state index in [0.717, 1.165) is 5.56 Å². The number of aryl methyl sites for hydroxylation is 1. The fourth-order valence-corrected chi connectivity index (χ4v) is 3.45. The van der Waals surface area contributed by atoms with Crippen LogP contribution in [0.1, 0.15) is 28.8 Å². The summed E-state index contributed by atoms with van der Waals surface area (Å²) in [5.74, 6) is -0.788. The number of likely N-dealkylation sites (N-methyl/N-ethyl adjacent to an activating group) is 1. The third-order valence-electron chi connectivity index (χ3n) is 5.22.